The first-order chi connectivity index (χ1) is 12.2. The second-order valence-electron chi connectivity index (χ2n) is 6.41. The molecule has 1 saturated heterocycles. The molecule has 0 radical (unpaired) electrons. The average Bonchev–Trinajstić information content (AvgIpc) is 2.84. The number of nitriles is 1. The van der Waals surface area contributed by atoms with Crippen molar-refractivity contribution in [2.45, 2.75) is 19.5 Å². The molecular formula is C20H21ClFN3. The fraction of sp³-hybridized carbons (Fsp3) is 0.350. The summed E-state index contributed by atoms with van der Waals surface area (Å²) < 4.78 is 14.0. The van der Waals surface area contributed by atoms with Crippen LogP contribution in [0.2, 0.25) is 5.02 Å². The lowest BCUT2D eigenvalue weighted by molar-refractivity contribution is 0.245. The van der Waals surface area contributed by atoms with Crippen molar-refractivity contribution in [2.24, 2.45) is 0 Å². The summed E-state index contributed by atoms with van der Waals surface area (Å²) in [7, 11) is 0. The van der Waals surface area contributed by atoms with Crippen molar-refractivity contribution in [1.82, 2.24) is 9.80 Å². The zero-order valence-corrected chi connectivity index (χ0v) is 14.8. The van der Waals surface area contributed by atoms with Crippen LogP contribution in [0.3, 0.4) is 0 Å². The molecule has 130 valence electrons. The first-order valence-corrected chi connectivity index (χ1v) is 8.90. The molecule has 2 aromatic rings. The number of benzene rings is 2. The molecular weight excluding hydrogens is 337 g/mol. The highest BCUT2D eigenvalue weighted by Crippen LogP contribution is 2.21. The molecule has 1 fully saturated rings. The first-order valence-electron chi connectivity index (χ1n) is 8.52. The summed E-state index contributed by atoms with van der Waals surface area (Å²) in [6.07, 6.45) is 1.04. The van der Waals surface area contributed by atoms with Crippen LogP contribution in [-0.4, -0.2) is 36.0 Å². The molecule has 2 aromatic carbocycles. The quantitative estimate of drug-likeness (QED) is 0.826. The molecule has 1 aliphatic heterocycles. The zero-order valence-electron chi connectivity index (χ0n) is 14.1. The molecule has 0 saturated carbocycles. The maximum absolute atomic E-state index is 14.0. The second kappa shape index (κ2) is 8.44. The Balaban J connectivity index is 1.57. The SMILES string of the molecule is N#Cc1ccc(CN2CCCN(Cc3c(F)cccc3Cl)CC2)cc1. The molecule has 0 unspecified atom stereocenters. The van der Waals surface area contributed by atoms with E-state index in [1.807, 2.05) is 24.3 Å². The van der Waals surface area contributed by atoms with Crippen molar-refractivity contribution in [1.29, 1.82) is 5.26 Å². The van der Waals surface area contributed by atoms with Crippen LogP contribution in [0.15, 0.2) is 42.5 Å². The van der Waals surface area contributed by atoms with Gasteiger partial charge in [0.1, 0.15) is 5.82 Å². The number of nitrogens with zero attached hydrogens (tertiary/aromatic N) is 3. The maximum Gasteiger partial charge on any atom is 0.129 e. The number of rotatable bonds is 4. The highest BCUT2D eigenvalue weighted by atomic mass is 35.5. The summed E-state index contributed by atoms with van der Waals surface area (Å²) in [5.41, 5.74) is 2.49. The van der Waals surface area contributed by atoms with Crippen LogP contribution >= 0.6 is 11.6 Å². The number of hydrogen-bond acceptors (Lipinski definition) is 3. The van der Waals surface area contributed by atoms with Crippen LogP contribution in [-0.2, 0) is 13.1 Å². The normalized spacial score (nSPS) is 16.4. The smallest absolute Gasteiger partial charge is 0.129 e. The molecule has 0 aromatic heterocycles. The van der Waals surface area contributed by atoms with Crippen molar-refractivity contribution in [2.75, 3.05) is 26.2 Å². The Bertz CT molecular complexity index is 734. The Kier molecular flexibility index (Phi) is 6.04. The van der Waals surface area contributed by atoms with Crippen LogP contribution in [0, 0.1) is 17.1 Å². The van der Waals surface area contributed by atoms with Gasteiger partial charge in [-0.25, -0.2) is 4.39 Å². The van der Waals surface area contributed by atoms with Crippen LogP contribution < -0.4 is 0 Å². The van der Waals surface area contributed by atoms with Gasteiger partial charge in [0, 0.05) is 36.8 Å². The van der Waals surface area contributed by atoms with E-state index >= 15 is 0 Å². The van der Waals surface area contributed by atoms with E-state index in [2.05, 4.69) is 15.9 Å². The minimum absolute atomic E-state index is 0.230. The molecule has 1 aliphatic rings. The van der Waals surface area contributed by atoms with Gasteiger partial charge in [0.2, 0.25) is 0 Å². The van der Waals surface area contributed by atoms with E-state index in [-0.39, 0.29) is 5.82 Å². The zero-order chi connectivity index (χ0) is 17.6. The Morgan fingerprint density at radius 2 is 1.64 bits per heavy atom. The second-order valence-corrected chi connectivity index (χ2v) is 6.82. The number of hydrogen-bond donors (Lipinski definition) is 0. The highest BCUT2D eigenvalue weighted by Gasteiger charge is 2.17. The van der Waals surface area contributed by atoms with Gasteiger partial charge in [-0.1, -0.05) is 29.8 Å². The van der Waals surface area contributed by atoms with E-state index in [0.717, 1.165) is 39.1 Å². The maximum atomic E-state index is 14.0. The molecule has 5 heteroatoms. The van der Waals surface area contributed by atoms with Gasteiger partial charge in [0.15, 0.2) is 0 Å². The van der Waals surface area contributed by atoms with Gasteiger partial charge in [-0.2, -0.15) is 5.26 Å². The molecule has 3 nitrogen and oxygen atoms in total. The van der Waals surface area contributed by atoms with Crippen LogP contribution in [0.5, 0.6) is 0 Å². The van der Waals surface area contributed by atoms with Gasteiger partial charge < -0.3 is 0 Å². The third-order valence-corrected chi connectivity index (χ3v) is 4.97. The molecule has 0 N–H and O–H groups in total. The molecule has 0 bridgehead atoms. The Morgan fingerprint density at radius 3 is 2.28 bits per heavy atom. The van der Waals surface area contributed by atoms with Gasteiger partial charge in [-0.3, -0.25) is 9.80 Å². The summed E-state index contributed by atoms with van der Waals surface area (Å²) in [5, 5.41) is 9.37. The summed E-state index contributed by atoms with van der Waals surface area (Å²) >= 11 is 6.15. The fourth-order valence-electron chi connectivity index (χ4n) is 3.19. The van der Waals surface area contributed by atoms with E-state index in [1.54, 1.807) is 12.1 Å². The van der Waals surface area contributed by atoms with Crippen molar-refractivity contribution < 1.29 is 4.39 Å². The summed E-state index contributed by atoms with van der Waals surface area (Å²) in [6, 6.07) is 14.7. The molecule has 0 amide bonds. The molecule has 0 spiro atoms. The fourth-order valence-corrected chi connectivity index (χ4v) is 3.41. The van der Waals surface area contributed by atoms with E-state index in [0.29, 0.717) is 22.7 Å². The Labute approximate surface area is 153 Å². The Hall–Kier alpha value is -1.93. The van der Waals surface area contributed by atoms with Crippen LogP contribution in [0.25, 0.3) is 0 Å². The lowest BCUT2D eigenvalue weighted by atomic mass is 10.1. The van der Waals surface area contributed by atoms with E-state index in [4.69, 9.17) is 16.9 Å². The lowest BCUT2D eigenvalue weighted by Crippen LogP contribution is -2.30. The summed E-state index contributed by atoms with van der Waals surface area (Å²) in [6.45, 7) is 5.21. The topological polar surface area (TPSA) is 30.3 Å². The predicted octanol–water partition coefficient (Wildman–Crippen LogP) is 4.06. The summed E-state index contributed by atoms with van der Waals surface area (Å²) in [5.74, 6) is -0.230. The minimum Gasteiger partial charge on any atom is -0.298 e. The molecule has 0 atom stereocenters. The Morgan fingerprint density at radius 1 is 0.960 bits per heavy atom. The van der Waals surface area contributed by atoms with Gasteiger partial charge >= 0.3 is 0 Å². The standard InChI is InChI=1S/C20H21ClFN3/c21-19-3-1-4-20(22)18(19)15-25-10-2-9-24(11-12-25)14-17-7-5-16(13-23)6-8-17/h1,3-8H,2,9-12,14-15H2. The largest absolute Gasteiger partial charge is 0.298 e. The van der Waals surface area contributed by atoms with Crippen molar-refractivity contribution in [3.05, 3.63) is 70.0 Å². The van der Waals surface area contributed by atoms with Gasteiger partial charge in [0.05, 0.1) is 11.6 Å². The molecule has 1 heterocycles. The van der Waals surface area contributed by atoms with Crippen molar-refractivity contribution in [3.63, 3.8) is 0 Å². The van der Waals surface area contributed by atoms with Crippen molar-refractivity contribution in [3.8, 4) is 6.07 Å². The average molecular weight is 358 g/mol. The van der Waals surface area contributed by atoms with E-state index in [9.17, 15) is 4.39 Å². The van der Waals surface area contributed by atoms with E-state index in [1.165, 1.54) is 11.6 Å². The molecule has 25 heavy (non-hydrogen) atoms. The highest BCUT2D eigenvalue weighted by molar-refractivity contribution is 6.31. The molecule has 3 rings (SSSR count). The van der Waals surface area contributed by atoms with Gasteiger partial charge in [-0.15, -0.1) is 0 Å². The van der Waals surface area contributed by atoms with Crippen LogP contribution in [0.1, 0.15) is 23.1 Å². The lowest BCUT2D eigenvalue weighted by Gasteiger charge is -2.22. The number of halogens is 2. The van der Waals surface area contributed by atoms with E-state index < -0.39 is 0 Å². The van der Waals surface area contributed by atoms with Gasteiger partial charge in [0.25, 0.3) is 0 Å². The first kappa shape index (κ1) is 17.9. The van der Waals surface area contributed by atoms with Crippen LogP contribution in [0.4, 0.5) is 4.39 Å². The third-order valence-electron chi connectivity index (χ3n) is 4.61. The molecule has 0 aliphatic carbocycles. The third kappa shape index (κ3) is 4.79. The monoisotopic (exact) mass is 357 g/mol. The predicted molar refractivity (Wildman–Crippen MR) is 97.7 cm³/mol. The van der Waals surface area contributed by atoms with Gasteiger partial charge in [-0.05, 0) is 49.3 Å². The summed E-state index contributed by atoms with van der Waals surface area (Å²) in [4.78, 5) is 4.67. The minimum atomic E-state index is -0.230. The van der Waals surface area contributed by atoms with Crippen molar-refractivity contribution >= 4 is 11.6 Å².